The Balaban J connectivity index is 2.56. The molecular weight excluding hydrogens is 232 g/mol. The van der Waals surface area contributed by atoms with Crippen LogP contribution in [0.2, 0.25) is 0 Å². The summed E-state index contributed by atoms with van der Waals surface area (Å²) in [5, 5.41) is 21.5. The van der Waals surface area contributed by atoms with Gasteiger partial charge in [-0.3, -0.25) is 0 Å². The molecule has 0 bridgehead atoms. The van der Waals surface area contributed by atoms with Gasteiger partial charge in [0.25, 0.3) is 0 Å². The molecule has 18 heavy (non-hydrogen) atoms. The third-order valence-electron chi connectivity index (χ3n) is 2.69. The van der Waals surface area contributed by atoms with Gasteiger partial charge in [-0.05, 0) is 31.0 Å². The normalized spacial score (nSPS) is 10.1. The van der Waals surface area contributed by atoms with Crippen LogP contribution in [0.25, 0.3) is 11.3 Å². The molecule has 0 aliphatic rings. The van der Waals surface area contributed by atoms with Crippen LogP contribution in [0.4, 0.5) is 0 Å². The Bertz CT molecular complexity index is 665. The highest BCUT2D eigenvalue weighted by atomic mass is 16.5. The van der Waals surface area contributed by atoms with Gasteiger partial charge in [-0.25, -0.2) is 4.79 Å². The number of rotatable bonds is 2. The molecule has 1 heterocycles. The van der Waals surface area contributed by atoms with E-state index in [0.717, 1.165) is 11.1 Å². The minimum absolute atomic E-state index is 0.219. The predicted molar refractivity (Wildman–Crippen MR) is 63.1 cm³/mol. The van der Waals surface area contributed by atoms with Crippen LogP contribution in [0.1, 0.15) is 27.2 Å². The minimum Gasteiger partial charge on any atom is -0.475 e. The molecule has 0 fully saturated rings. The summed E-state index contributed by atoms with van der Waals surface area (Å²) in [6, 6.07) is 6.99. The lowest BCUT2D eigenvalue weighted by atomic mass is 9.98. The molecule has 5 heteroatoms. The van der Waals surface area contributed by atoms with Crippen molar-refractivity contribution in [1.29, 1.82) is 5.26 Å². The molecular formula is C13H10N2O3. The highest BCUT2D eigenvalue weighted by Gasteiger charge is 2.15. The summed E-state index contributed by atoms with van der Waals surface area (Å²) in [4.78, 5) is 10.7. The summed E-state index contributed by atoms with van der Waals surface area (Å²) in [5.74, 6) is -1.39. The Labute approximate surface area is 103 Å². The second-order valence-electron chi connectivity index (χ2n) is 3.98. The smallest absolute Gasteiger partial charge is 0.374 e. The van der Waals surface area contributed by atoms with Crippen LogP contribution in [0.5, 0.6) is 0 Å². The van der Waals surface area contributed by atoms with Crippen molar-refractivity contribution in [2.75, 3.05) is 0 Å². The first-order valence-electron chi connectivity index (χ1n) is 5.24. The number of carboxylic acid groups (broad SMARTS) is 1. The van der Waals surface area contributed by atoms with Crippen molar-refractivity contribution in [3.8, 4) is 17.3 Å². The molecule has 0 atom stereocenters. The summed E-state index contributed by atoms with van der Waals surface area (Å²) >= 11 is 0. The first-order valence-corrected chi connectivity index (χ1v) is 5.24. The molecule has 90 valence electrons. The molecule has 0 aliphatic heterocycles. The Morgan fingerprint density at radius 3 is 2.61 bits per heavy atom. The summed E-state index contributed by atoms with van der Waals surface area (Å²) in [7, 11) is 0. The number of aromatic nitrogens is 1. The Hall–Kier alpha value is -2.61. The van der Waals surface area contributed by atoms with E-state index < -0.39 is 5.97 Å². The number of aryl methyl sites for hydroxylation is 2. The van der Waals surface area contributed by atoms with Gasteiger partial charge in [0.2, 0.25) is 5.76 Å². The lowest BCUT2D eigenvalue weighted by molar-refractivity contribution is 0.0652. The lowest BCUT2D eigenvalue weighted by Gasteiger charge is -2.05. The number of hydrogen-bond acceptors (Lipinski definition) is 4. The van der Waals surface area contributed by atoms with Crippen LogP contribution in [0.15, 0.2) is 22.7 Å². The largest absolute Gasteiger partial charge is 0.475 e. The van der Waals surface area contributed by atoms with Gasteiger partial charge in [0.15, 0.2) is 0 Å². The van der Waals surface area contributed by atoms with E-state index in [1.807, 2.05) is 19.9 Å². The molecule has 2 aromatic rings. The molecule has 1 aromatic heterocycles. The SMILES string of the molecule is Cc1cc(C)c(-c2cc(C(=O)O)on2)cc1C#N. The Morgan fingerprint density at radius 1 is 1.33 bits per heavy atom. The molecule has 0 saturated carbocycles. The zero-order valence-corrected chi connectivity index (χ0v) is 9.89. The summed E-state index contributed by atoms with van der Waals surface area (Å²) in [5.41, 5.74) is 3.45. The number of aromatic carboxylic acids is 1. The Morgan fingerprint density at radius 2 is 2.06 bits per heavy atom. The second-order valence-corrected chi connectivity index (χ2v) is 3.98. The van der Waals surface area contributed by atoms with Crippen LogP contribution in [0, 0.1) is 25.2 Å². The highest BCUT2D eigenvalue weighted by Crippen LogP contribution is 2.26. The molecule has 1 N–H and O–H groups in total. The maximum atomic E-state index is 10.7. The van der Waals surface area contributed by atoms with E-state index >= 15 is 0 Å². The van der Waals surface area contributed by atoms with Gasteiger partial charge in [-0.15, -0.1) is 0 Å². The zero-order valence-electron chi connectivity index (χ0n) is 9.89. The summed E-state index contributed by atoms with van der Waals surface area (Å²) in [6.07, 6.45) is 0. The average molecular weight is 242 g/mol. The van der Waals surface area contributed by atoms with Crippen molar-refractivity contribution in [1.82, 2.24) is 5.16 Å². The fraction of sp³-hybridized carbons (Fsp3) is 0.154. The van der Waals surface area contributed by atoms with Crippen molar-refractivity contribution < 1.29 is 14.4 Å². The quantitative estimate of drug-likeness (QED) is 0.874. The first kappa shape index (κ1) is 11.9. The third kappa shape index (κ3) is 1.96. The zero-order chi connectivity index (χ0) is 13.3. The van der Waals surface area contributed by atoms with E-state index in [0.29, 0.717) is 16.8 Å². The van der Waals surface area contributed by atoms with Gasteiger partial charge in [-0.2, -0.15) is 5.26 Å². The van der Waals surface area contributed by atoms with E-state index in [4.69, 9.17) is 14.9 Å². The molecule has 0 unspecified atom stereocenters. The maximum Gasteiger partial charge on any atom is 0.374 e. The molecule has 0 spiro atoms. The first-order chi connectivity index (χ1) is 8.52. The number of carboxylic acids is 1. The average Bonchev–Trinajstić information content (AvgIpc) is 2.78. The van der Waals surface area contributed by atoms with Crippen LogP contribution in [0.3, 0.4) is 0 Å². The maximum absolute atomic E-state index is 10.7. The van der Waals surface area contributed by atoms with Crippen molar-refractivity contribution in [3.63, 3.8) is 0 Å². The lowest BCUT2D eigenvalue weighted by Crippen LogP contribution is -1.92. The summed E-state index contributed by atoms with van der Waals surface area (Å²) in [6.45, 7) is 3.72. The number of carbonyl (C=O) groups is 1. The van der Waals surface area contributed by atoms with Gasteiger partial charge in [0, 0.05) is 11.6 Å². The second kappa shape index (κ2) is 4.34. The third-order valence-corrected chi connectivity index (χ3v) is 2.69. The molecule has 0 saturated heterocycles. The van der Waals surface area contributed by atoms with Gasteiger partial charge in [0.1, 0.15) is 5.69 Å². The van der Waals surface area contributed by atoms with E-state index in [1.54, 1.807) is 6.07 Å². The number of nitrogens with zero attached hydrogens (tertiary/aromatic N) is 2. The molecule has 2 rings (SSSR count). The van der Waals surface area contributed by atoms with Crippen molar-refractivity contribution in [2.24, 2.45) is 0 Å². The van der Waals surface area contributed by atoms with E-state index in [1.165, 1.54) is 6.07 Å². The van der Waals surface area contributed by atoms with Gasteiger partial charge in [0.05, 0.1) is 11.6 Å². The molecule has 0 amide bonds. The fourth-order valence-corrected chi connectivity index (χ4v) is 1.75. The van der Waals surface area contributed by atoms with Crippen LogP contribution in [-0.4, -0.2) is 16.2 Å². The molecule has 0 radical (unpaired) electrons. The fourth-order valence-electron chi connectivity index (χ4n) is 1.75. The van der Waals surface area contributed by atoms with E-state index in [9.17, 15) is 4.79 Å². The Kier molecular flexibility index (Phi) is 2.86. The van der Waals surface area contributed by atoms with Crippen LogP contribution < -0.4 is 0 Å². The van der Waals surface area contributed by atoms with Crippen LogP contribution >= 0.6 is 0 Å². The molecule has 0 aliphatic carbocycles. The standard InChI is InChI=1S/C13H10N2O3/c1-7-3-8(2)10(4-9(7)6-14)11-5-12(13(16)17)18-15-11/h3-5H,1-2H3,(H,16,17). The molecule has 1 aromatic carbocycles. The highest BCUT2D eigenvalue weighted by molar-refractivity contribution is 5.86. The monoisotopic (exact) mass is 242 g/mol. The van der Waals surface area contributed by atoms with Gasteiger partial charge < -0.3 is 9.63 Å². The van der Waals surface area contributed by atoms with Crippen molar-refractivity contribution in [3.05, 3.63) is 40.6 Å². The van der Waals surface area contributed by atoms with Crippen molar-refractivity contribution in [2.45, 2.75) is 13.8 Å². The van der Waals surface area contributed by atoms with E-state index in [2.05, 4.69) is 11.2 Å². The minimum atomic E-state index is -1.17. The van der Waals surface area contributed by atoms with Gasteiger partial charge >= 0.3 is 5.97 Å². The number of hydrogen-bond donors (Lipinski definition) is 1. The van der Waals surface area contributed by atoms with E-state index in [-0.39, 0.29) is 5.76 Å². The molecule has 5 nitrogen and oxygen atoms in total. The van der Waals surface area contributed by atoms with Crippen LogP contribution in [-0.2, 0) is 0 Å². The summed E-state index contributed by atoms with van der Waals surface area (Å²) < 4.78 is 4.71. The topological polar surface area (TPSA) is 87.1 Å². The van der Waals surface area contributed by atoms with Crippen molar-refractivity contribution >= 4 is 5.97 Å². The predicted octanol–water partition coefficient (Wildman–Crippen LogP) is 2.53. The van der Waals surface area contributed by atoms with Gasteiger partial charge in [-0.1, -0.05) is 11.2 Å². The number of benzene rings is 1. The number of nitriles is 1.